The second-order valence-electron chi connectivity index (χ2n) is 7.00. The highest BCUT2D eigenvalue weighted by Gasteiger charge is 2.25. The summed E-state index contributed by atoms with van der Waals surface area (Å²) in [4.78, 5) is 33.2. The van der Waals surface area contributed by atoms with Crippen LogP contribution in [-0.4, -0.2) is 66.8 Å². The number of hydrogen-bond donors (Lipinski definition) is 1. The molecule has 0 aliphatic carbocycles. The largest absolute Gasteiger partial charge is 0.379 e. The molecule has 2 aliphatic heterocycles. The number of aromatic nitrogens is 1. The van der Waals surface area contributed by atoms with E-state index in [-0.39, 0.29) is 11.8 Å². The molecule has 4 rings (SSSR count). The van der Waals surface area contributed by atoms with Gasteiger partial charge in [0.15, 0.2) is 0 Å². The number of carbonyl (C=O) groups excluding carboxylic acids is 2. The fourth-order valence-electron chi connectivity index (χ4n) is 3.41. The van der Waals surface area contributed by atoms with E-state index in [0.717, 1.165) is 49.1 Å². The zero-order valence-corrected chi connectivity index (χ0v) is 17.0. The van der Waals surface area contributed by atoms with Crippen LogP contribution in [0.15, 0.2) is 47.6 Å². The molecule has 3 heterocycles. The van der Waals surface area contributed by atoms with E-state index in [4.69, 9.17) is 4.74 Å². The molecule has 0 atom stereocenters. The van der Waals surface area contributed by atoms with Crippen molar-refractivity contribution < 1.29 is 14.3 Å². The van der Waals surface area contributed by atoms with Gasteiger partial charge in [-0.2, -0.15) is 0 Å². The summed E-state index contributed by atoms with van der Waals surface area (Å²) in [6.45, 7) is 5.26. The van der Waals surface area contributed by atoms with Crippen LogP contribution in [0.5, 0.6) is 0 Å². The molecule has 8 heteroatoms. The topological polar surface area (TPSA) is 74.8 Å². The van der Waals surface area contributed by atoms with E-state index in [0.29, 0.717) is 24.4 Å². The number of carbonyl (C=O) groups is 2. The fraction of sp³-hybridized carbons (Fsp3) is 0.381. The number of ether oxygens (including phenoxy) is 1. The van der Waals surface area contributed by atoms with Crippen molar-refractivity contribution in [3.8, 4) is 0 Å². The number of thioether (sulfide) groups is 1. The monoisotopic (exact) mass is 412 g/mol. The van der Waals surface area contributed by atoms with Gasteiger partial charge in [-0.05, 0) is 29.8 Å². The second kappa shape index (κ2) is 9.39. The zero-order valence-electron chi connectivity index (χ0n) is 16.2. The standard InChI is InChI=1S/C21H24N4O3S/c26-19-15-29-21-18(2-1-7-23-21)25(19)14-16-3-5-17(6-4-16)20(27)22-8-9-24-10-12-28-13-11-24/h1-7H,8-15H2,(H,22,27). The molecular formula is C21H24N4O3S. The molecule has 2 amide bonds. The van der Waals surface area contributed by atoms with Gasteiger partial charge in [-0.15, -0.1) is 0 Å². The van der Waals surface area contributed by atoms with Gasteiger partial charge < -0.3 is 15.0 Å². The minimum absolute atomic E-state index is 0.0698. The minimum Gasteiger partial charge on any atom is -0.379 e. The number of pyridine rings is 1. The van der Waals surface area contributed by atoms with E-state index in [9.17, 15) is 9.59 Å². The number of anilines is 1. The Balaban J connectivity index is 1.33. The number of fused-ring (bicyclic) bond motifs is 1. The van der Waals surface area contributed by atoms with Crippen LogP contribution >= 0.6 is 11.8 Å². The van der Waals surface area contributed by atoms with Gasteiger partial charge in [0, 0.05) is 37.9 Å². The lowest BCUT2D eigenvalue weighted by Crippen LogP contribution is -2.41. The maximum atomic E-state index is 12.4. The molecule has 1 aromatic carbocycles. The van der Waals surface area contributed by atoms with Gasteiger partial charge in [0.2, 0.25) is 5.91 Å². The third-order valence-electron chi connectivity index (χ3n) is 5.05. The highest BCUT2D eigenvalue weighted by atomic mass is 32.2. The fourth-order valence-corrected chi connectivity index (χ4v) is 4.29. The molecule has 0 radical (unpaired) electrons. The molecule has 1 fully saturated rings. The molecule has 1 saturated heterocycles. The van der Waals surface area contributed by atoms with Gasteiger partial charge in [-0.3, -0.25) is 14.5 Å². The quantitative estimate of drug-likeness (QED) is 0.780. The first kappa shape index (κ1) is 19.9. The molecule has 1 aromatic heterocycles. The highest BCUT2D eigenvalue weighted by Crippen LogP contribution is 2.33. The lowest BCUT2D eigenvalue weighted by molar-refractivity contribution is -0.116. The van der Waals surface area contributed by atoms with Gasteiger partial charge >= 0.3 is 0 Å². The number of morpholine rings is 1. The third kappa shape index (κ3) is 4.95. The number of benzene rings is 1. The van der Waals surface area contributed by atoms with E-state index < -0.39 is 0 Å². The number of rotatable bonds is 6. The maximum Gasteiger partial charge on any atom is 0.251 e. The molecular weight excluding hydrogens is 388 g/mol. The Kier molecular flexibility index (Phi) is 6.43. The molecule has 2 aliphatic rings. The third-order valence-corrected chi connectivity index (χ3v) is 6.03. The summed E-state index contributed by atoms with van der Waals surface area (Å²) in [5.74, 6) is 0.387. The van der Waals surface area contributed by atoms with Crippen LogP contribution in [0.4, 0.5) is 5.69 Å². The van der Waals surface area contributed by atoms with Crippen LogP contribution in [0, 0.1) is 0 Å². The van der Waals surface area contributed by atoms with Crippen molar-refractivity contribution in [1.29, 1.82) is 0 Å². The zero-order chi connectivity index (χ0) is 20.1. The van der Waals surface area contributed by atoms with Crippen LogP contribution in [0.2, 0.25) is 0 Å². The van der Waals surface area contributed by atoms with E-state index in [1.54, 1.807) is 11.1 Å². The second-order valence-corrected chi connectivity index (χ2v) is 7.97. The van der Waals surface area contributed by atoms with Gasteiger partial charge in [0.25, 0.3) is 5.91 Å². The van der Waals surface area contributed by atoms with Crippen molar-refractivity contribution in [2.24, 2.45) is 0 Å². The Morgan fingerprint density at radius 1 is 1.17 bits per heavy atom. The Bertz CT molecular complexity index is 868. The molecule has 1 N–H and O–H groups in total. The summed E-state index contributed by atoms with van der Waals surface area (Å²) in [6.07, 6.45) is 1.74. The number of hydrogen-bond acceptors (Lipinski definition) is 6. The van der Waals surface area contributed by atoms with E-state index in [2.05, 4.69) is 15.2 Å². The van der Waals surface area contributed by atoms with Gasteiger partial charge in [0.05, 0.1) is 31.2 Å². The van der Waals surface area contributed by atoms with Crippen LogP contribution < -0.4 is 10.2 Å². The van der Waals surface area contributed by atoms with Gasteiger partial charge in [-0.25, -0.2) is 4.98 Å². The molecule has 0 unspecified atom stereocenters. The molecule has 0 bridgehead atoms. The number of amides is 2. The van der Waals surface area contributed by atoms with Crippen molar-refractivity contribution in [3.05, 3.63) is 53.7 Å². The molecule has 29 heavy (non-hydrogen) atoms. The Morgan fingerprint density at radius 3 is 2.76 bits per heavy atom. The van der Waals surface area contributed by atoms with Gasteiger partial charge in [0.1, 0.15) is 5.03 Å². The summed E-state index contributed by atoms with van der Waals surface area (Å²) < 4.78 is 5.33. The van der Waals surface area contributed by atoms with Gasteiger partial charge in [-0.1, -0.05) is 23.9 Å². The average molecular weight is 413 g/mol. The molecule has 152 valence electrons. The molecule has 0 spiro atoms. The highest BCUT2D eigenvalue weighted by molar-refractivity contribution is 8.00. The van der Waals surface area contributed by atoms with Crippen molar-refractivity contribution >= 4 is 29.3 Å². The van der Waals surface area contributed by atoms with Crippen LogP contribution in [-0.2, 0) is 16.1 Å². The maximum absolute atomic E-state index is 12.4. The number of nitrogens with one attached hydrogen (secondary N) is 1. The van der Waals surface area contributed by atoms with E-state index in [1.165, 1.54) is 11.8 Å². The van der Waals surface area contributed by atoms with Crippen molar-refractivity contribution in [3.63, 3.8) is 0 Å². The van der Waals surface area contributed by atoms with Crippen molar-refractivity contribution in [2.45, 2.75) is 11.6 Å². The smallest absolute Gasteiger partial charge is 0.251 e. The Morgan fingerprint density at radius 2 is 1.97 bits per heavy atom. The average Bonchev–Trinajstić information content (AvgIpc) is 2.77. The van der Waals surface area contributed by atoms with Crippen molar-refractivity contribution in [2.75, 3.05) is 50.0 Å². The first-order valence-corrected chi connectivity index (χ1v) is 10.7. The molecule has 0 saturated carbocycles. The molecule has 2 aromatic rings. The Labute approximate surface area is 174 Å². The first-order chi connectivity index (χ1) is 14.2. The summed E-state index contributed by atoms with van der Waals surface area (Å²) in [5, 5.41) is 3.85. The number of nitrogens with zero attached hydrogens (tertiary/aromatic N) is 3. The summed E-state index contributed by atoms with van der Waals surface area (Å²) in [5.41, 5.74) is 2.45. The molecule has 7 nitrogen and oxygen atoms in total. The first-order valence-electron chi connectivity index (χ1n) is 9.76. The predicted molar refractivity (Wildman–Crippen MR) is 112 cm³/mol. The summed E-state index contributed by atoms with van der Waals surface area (Å²) >= 11 is 1.47. The summed E-state index contributed by atoms with van der Waals surface area (Å²) in [7, 11) is 0. The predicted octanol–water partition coefficient (Wildman–Crippen LogP) is 1.78. The van der Waals surface area contributed by atoms with Crippen LogP contribution in [0.25, 0.3) is 0 Å². The SMILES string of the molecule is O=C(NCCN1CCOCC1)c1ccc(CN2C(=O)CSc3ncccc32)cc1. The summed E-state index contributed by atoms with van der Waals surface area (Å²) in [6, 6.07) is 11.2. The lowest BCUT2D eigenvalue weighted by Gasteiger charge is -2.28. The normalized spacial score (nSPS) is 17.1. The van der Waals surface area contributed by atoms with Crippen LogP contribution in [0.3, 0.4) is 0 Å². The van der Waals surface area contributed by atoms with Crippen LogP contribution in [0.1, 0.15) is 15.9 Å². The van der Waals surface area contributed by atoms with E-state index in [1.807, 2.05) is 36.4 Å². The minimum atomic E-state index is -0.0789. The lowest BCUT2D eigenvalue weighted by atomic mass is 10.1. The Hall–Kier alpha value is -2.42. The van der Waals surface area contributed by atoms with E-state index >= 15 is 0 Å². The van der Waals surface area contributed by atoms with Crippen molar-refractivity contribution in [1.82, 2.24) is 15.2 Å².